The molecule has 1 saturated carbocycles. The number of imidazole rings is 1. The number of hydrogen-bond acceptors (Lipinski definition) is 7. The predicted molar refractivity (Wildman–Crippen MR) is 154 cm³/mol. The number of nitrogens with zero attached hydrogens (tertiary/aromatic N) is 6. The summed E-state index contributed by atoms with van der Waals surface area (Å²) in [5.74, 6) is -1.32. The van der Waals surface area contributed by atoms with Crippen molar-refractivity contribution in [3.05, 3.63) is 52.7 Å². The highest BCUT2D eigenvalue weighted by Gasteiger charge is 2.42. The van der Waals surface area contributed by atoms with Crippen LogP contribution in [0.15, 0.2) is 30.6 Å². The number of nitriles is 1. The molecule has 2 atom stereocenters. The molecule has 2 unspecified atom stereocenters. The van der Waals surface area contributed by atoms with Gasteiger partial charge in [0, 0.05) is 56.2 Å². The number of benzene rings is 1. The SMILES string of the molecule is Cn1c(-c2cn(CC#N)nc2C(F)(F)F)cnc1C(=O)Nc1ccc(C(=O)NC2CC(NC(=O)N3CC4CC3CN4)C2)c(Cl)c1. The van der Waals surface area contributed by atoms with Crippen molar-refractivity contribution in [2.75, 3.05) is 18.4 Å². The van der Waals surface area contributed by atoms with Gasteiger partial charge in [0.25, 0.3) is 11.8 Å². The number of piperazine rings is 1. The lowest BCUT2D eigenvalue weighted by atomic mass is 9.86. The third-order valence-corrected chi connectivity index (χ3v) is 8.63. The van der Waals surface area contributed by atoms with E-state index >= 15 is 0 Å². The van der Waals surface area contributed by atoms with Crippen LogP contribution in [0.5, 0.6) is 0 Å². The molecule has 0 spiro atoms. The number of rotatable bonds is 7. The van der Waals surface area contributed by atoms with E-state index in [1.54, 1.807) is 6.07 Å². The number of nitrogens with one attached hydrogen (secondary N) is 4. The van der Waals surface area contributed by atoms with Crippen LogP contribution in [-0.4, -0.2) is 79.3 Å². The second-order valence-corrected chi connectivity index (χ2v) is 11.8. The molecule has 17 heteroatoms. The first-order valence-corrected chi connectivity index (χ1v) is 14.5. The second kappa shape index (κ2) is 11.7. The lowest BCUT2D eigenvalue weighted by Gasteiger charge is -2.38. The van der Waals surface area contributed by atoms with Crippen LogP contribution in [0.3, 0.4) is 0 Å². The highest BCUT2D eigenvalue weighted by Crippen LogP contribution is 2.36. The minimum atomic E-state index is -4.80. The zero-order chi connectivity index (χ0) is 32.0. The van der Waals surface area contributed by atoms with Gasteiger partial charge in [-0.25, -0.2) is 9.78 Å². The zero-order valence-electron chi connectivity index (χ0n) is 23.9. The van der Waals surface area contributed by atoms with Crippen LogP contribution in [0.2, 0.25) is 5.02 Å². The van der Waals surface area contributed by atoms with Crippen molar-refractivity contribution < 1.29 is 27.6 Å². The first kappa shape index (κ1) is 30.4. The maximum absolute atomic E-state index is 13.6. The molecule has 0 radical (unpaired) electrons. The summed E-state index contributed by atoms with van der Waals surface area (Å²) in [5.41, 5.74) is -1.14. The van der Waals surface area contributed by atoms with E-state index < -0.39 is 23.7 Å². The van der Waals surface area contributed by atoms with Gasteiger partial charge in [0.15, 0.2) is 11.5 Å². The number of amides is 4. The summed E-state index contributed by atoms with van der Waals surface area (Å²) in [7, 11) is 1.38. The predicted octanol–water partition coefficient (Wildman–Crippen LogP) is 2.75. The Morgan fingerprint density at radius 3 is 2.56 bits per heavy atom. The quantitative estimate of drug-likeness (QED) is 0.307. The fourth-order valence-corrected chi connectivity index (χ4v) is 6.26. The molecule has 2 saturated heterocycles. The Morgan fingerprint density at radius 2 is 1.91 bits per heavy atom. The number of aromatic nitrogens is 4. The van der Waals surface area contributed by atoms with E-state index in [0.29, 0.717) is 25.4 Å². The van der Waals surface area contributed by atoms with Crippen molar-refractivity contribution >= 4 is 35.1 Å². The van der Waals surface area contributed by atoms with Gasteiger partial charge in [-0.2, -0.15) is 23.5 Å². The summed E-state index contributed by atoms with van der Waals surface area (Å²) in [6.07, 6.45) is -0.438. The maximum Gasteiger partial charge on any atom is 0.435 e. The number of alkyl halides is 3. The van der Waals surface area contributed by atoms with Crippen LogP contribution in [0.25, 0.3) is 11.3 Å². The number of carbonyl (C=O) groups excluding carboxylic acids is 3. The summed E-state index contributed by atoms with van der Waals surface area (Å²) in [6.45, 7) is 1.14. The molecule has 3 aromatic rings. The van der Waals surface area contributed by atoms with Gasteiger partial charge in [-0.3, -0.25) is 14.3 Å². The van der Waals surface area contributed by atoms with Crippen LogP contribution >= 0.6 is 11.6 Å². The molecule has 2 aliphatic heterocycles. The Labute approximate surface area is 259 Å². The van der Waals surface area contributed by atoms with Crippen LogP contribution in [0, 0.1) is 11.3 Å². The fraction of sp³-hybridized carbons (Fsp3) is 0.429. The molecule has 6 rings (SSSR count). The molecule has 3 aliphatic rings. The van der Waals surface area contributed by atoms with Crippen LogP contribution < -0.4 is 21.3 Å². The molecule has 1 aromatic carbocycles. The Bertz CT molecular complexity index is 1710. The van der Waals surface area contributed by atoms with Gasteiger partial charge in [-0.15, -0.1) is 0 Å². The Kier molecular flexibility index (Phi) is 7.91. The summed E-state index contributed by atoms with van der Waals surface area (Å²) < 4.78 is 42.9. The van der Waals surface area contributed by atoms with Crippen molar-refractivity contribution in [3.8, 4) is 17.3 Å². The van der Waals surface area contributed by atoms with Crippen molar-refractivity contribution in [2.45, 2.75) is 56.2 Å². The van der Waals surface area contributed by atoms with E-state index in [9.17, 15) is 27.6 Å². The monoisotopic (exact) mass is 644 g/mol. The lowest BCUT2D eigenvalue weighted by Crippen LogP contribution is -2.58. The molecule has 2 aromatic heterocycles. The number of fused-ring (bicyclic) bond motifs is 2. The molecular weight excluding hydrogens is 617 g/mol. The van der Waals surface area contributed by atoms with E-state index in [1.807, 2.05) is 4.90 Å². The van der Waals surface area contributed by atoms with Gasteiger partial charge >= 0.3 is 12.2 Å². The number of halogens is 4. The molecule has 2 bridgehead atoms. The standard InChI is InChI=1S/C28H28ClF3N10O3/c1-40-22(20-13-41(5-4-33)39-23(20)28(30,31)32)11-35-24(40)26(44)36-14-2-3-19(21(29)9-14)25(43)37-15-6-16(7-15)38-27(45)42-12-17-8-18(42)10-34-17/h2-3,9,11,13,15-18,34H,5-8,10,12H2,1H3,(H,36,44)(H,37,43)(H,38,45). The van der Waals surface area contributed by atoms with Gasteiger partial charge in [0.05, 0.1) is 34.1 Å². The van der Waals surface area contributed by atoms with Crippen molar-refractivity contribution in [3.63, 3.8) is 0 Å². The summed E-state index contributed by atoms with van der Waals surface area (Å²) in [6, 6.07) is 6.42. The van der Waals surface area contributed by atoms with E-state index in [2.05, 4.69) is 31.3 Å². The Balaban J connectivity index is 1.05. The largest absolute Gasteiger partial charge is 0.435 e. The third-order valence-electron chi connectivity index (χ3n) is 8.32. The average Bonchev–Trinajstić information content (AvgIpc) is 3.75. The molecule has 1 aliphatic carbocycles. The topological polar surface area (TPSA) is 162 Å². The number of anilines is 1. The minimum Gasteiger partial charge on any atom is -0.349 e. The molecule has 45 heavy (non-hydrogen) atoms. The Morgan fingerprint density at radius 1 is 1.16 bits per heavy atom. The van der Waals surface area contributed by atoms with Gasteiger partial charge < -0.3 is 30.7 Å². The van der Waals surface area contributed by atoms with E-state index in [1.165, 1.54) is 29.8 Å². The van der Waals surface area contributed by atoms with Crippen molar-refractivity contribution in [1.82, 2.24) is 40.2 Å². The van der Waals surface area contributed by atoms with Gasteiger partial charge in [-0.05, 0) is 37.5 Å². The summed E-state index contributed by atoms with van der Waals surface area (Å²) in [5, 5.41) is 24.3. The summed E-state index contributed by atoms with van der Waals surface area (Å²) >= 11 is 6.36. The van der Waals surface area contributed by atoms with Crippen LogP contribution in [0.1, 0.15) is 45.9 Å². The van der Waals surface area contributed by atoms with Crippen LogP contribution in [0.4, 0.5) is 23.7 Å². The molecule has 4 N–H and O–H groups in total. The normalized spacial score (nSPS) is 22.1. The number of carbonyl (C=O) groups is 3. The first-order chi connectivity index (χ1) is 21.4. The zero-order valence-corrected chi connectivity index (χ0v) is 24.6. The average molecular weight is 645 g/mol. The van der Waals surface area contributed by atoms with E-state index in [0.717, 1.165) is 30.0 Å². The first-order valence-electron chi connectivity index (χ1n) is 14.2. The van der Waals surface area contributed by atoms with E-state index in [4.69, 9.17) is 16.9 Å². The second-order valence-electron chi connectivity index (χ2n) is 11.4. The van der Waals surface area contributed by atoms with Crippen LogP contribution in [-0.2, 0) is 19.8 Å². The molecule has 13 nitrogen and oxygen atoms in total. The Hall–Kier alpha value is -4.62. The van der Waals surface area contributed by atoms with Gasteiger partial charge in [0.2, 0.25) is 0 Å². The fourth-order valence-electron chi connectivity index (χ4n) is 5.99. The third kappa shape index (κ3) is 6.05. The van der Waals surface area contributed by atoms with Gasteiger partial charge in [0.1, 0.15) is 6.54 Å². The molecule has 236 valence electrons. The highest BCUT2D eigenvalue weighted by molar-refractivity contribution is 6.34. The van der Waals surface area contributed by atoms with E-state index in [-0.39, 0.29) is 64.1 Å². The molecular formula is C28H28ClF3N10O3. The number of urea groups is 1. The van der Waals surface area contributed by atoms with Crippen molar-refractivity contribution in [2.24, 2.45) is 7.05 Å². The molecule has 3 fully saturated rings. The smallest absolute Gasteiger partial charge is 0.349 e. The lowest BCUT2D eigenvalue weighted by molar-refractivity contribution is -0.141. The minimum absolute atomic E-state index is 0.0247. The molecule has 4 heterocycles. The van der Waals surface area contributed by atoms with Gasteiger partial charge in [-0.1, -0.05) is 11.6 Å². The number of hydrogen-bond donors (Lipinski definition) is 4. The number of likely N-dealkylation sites (tertiary alicyclic amines) is 1. The summed E-state index contributed by atoms with van der Waals surface area (Å²) in [4.78, 5) is 44.3. The van der Waals surface area contributed by atoms with Crippen molar-refractivity contribution in [1.29, 1.82) is 5.26 Å². The molecule has 4 amide bonds. The maximum atomic E-state index is 13.6. The highest BCUT2D eigenvalue weighted by atomic mass is 35.5.